The molecule has 182 valence electrons. The summed E-state index contributed by atoms with van der Waals surface area (Å²) >= 11 is 6.63. The van der Waals surface area contributed by atoms with Crippen LogP contribution in [0, 0.1) is 6.92 Å². The molecule has 3 aromatic rings. The standard InChI is InChI=1S/C24H25ClN6O4/c1-14-8-15(2-5-26-14)22-19(25)10-20-23(29-22)31(16-4-7-30(20)11-16)24(34)28-21-9-18(3-6-27-21)35-13-17(33)12-32/h2-3,5-6,8-10,16-17,32-33H,4,7,11-13H2,1H3,(H,27,28,34)/t16-,17?/m0/s1. The average molecular weight is 497 g/mol. The number of carbonyl (C=O) groups excluding carboxylic acids is 1. The topological polar surface area (TPSA) is 124 Å². The lowest BCUT2D eigenvalue weighted by Crippen LogP contribution is -2.48. The summed E-state index contributed by atoms with van der Waals surface area (Å²) in [5.74, 6) is 1.25. The van der Waals surface area contributed by atoms with E-state index in [1.54, 1.807) is 23.2 Å². The number of nitrogens with zero attached hydrogens (tertiary/aromatic N) is 5. The van der Waals surface area contributed by atoms with Gasteiger partial charge in [0.05, 0.1) is 29.1 Å². The van der Waals surface area contributed by atoms with Gasteiger partial charge in [-0.25, -0.2) is 14.8 Å². The highest BCUT2D eigenvalue weighted by molar-refractivity contribution is 6.33. The van der Waals surface area contributed by atoms with Crippen molar-refractivity contribution in [2.45, 2.75) is 25.5 Å². The molecule has 0 saturated carbocycles. The van der Waals surface area contributed by atoms with Crippen molar-refractivity contribution in [3.8, 4) is 17.0 Å². The van der Waals surface area contributed by atoms with E-state index in [1.807, 2.05) is 25.1 Å². The number of aryl methyl sites for hydroxylation is 1. The van der Waals surface area contributed by atoms with Crippen LogP contribution in [0.2, 0.25) is 5.02 Å². The van der Waals surface area contributed by atoms with Crippen molar-refractivity contribution in [1.29, 1.82) is 0 Å². The van der Waals surface area contributed by atoms with Crippen LogP contribution in [0.1, 0.15) is 12.1 Å². The molecule has 0 aliphatic carbocycles. The fourth-order valence-corrected chi connectivity index (χ4v) is 4.62. The fourth-order valence-electron chi connectivity index (χ4n) is 4.37. The Morgan fingerprint density at radius 3 is 2.91 bits per heavy atom. The minimum absolute atomic E-state index is 0.0395. The van der Waals surface area contributed by atoms with Crippen LogP contribution < -0.4 is 19.9 Å². The van der Waals surface area contributed by atoms with Crippen LogP contribution in [-0.4, -0.2) is 69.6 Å². The van der Waals surface area contributed by atoms with Crippen molar-refractivity contribution in [3.63, 3.8) is 0 Å². The third-order valence-electron chi connectivity index (χ3n) is 6.04. The first-order valence-electron chi connectivity index (χ1n) is 11.3. The minimum atomic E-state index is -0.993. The predicted molar refractivity (Wildman–Crippen MR) is 132 cm³/mol. The molecule has 2 bridgehead atoms. The van der Waals surface area contributed by atoms with Crippen LogP contribution in [0.15, 0.2) is 42.7 Å². The zero-order chi connectivity index (χ0) is 24.5. The maximum Gasteiger partial charge on any atom is 0.329 e. The van der Waals surface area contributed by atoms with Crippen molar-refractivity contribution < 1.29 is 19.7 Å². The molecule has 11 heteroatoms. The fraction of sp³-hybridized carbons (Fsp3) is 0.333. The molecule has 1 saturated heterocycles. The third-order valence-corrected chi connectivity index (χ3v) is 6.33. The van der Waals surface area contributed by atoms with E-state index in [2.05, 4.69) is 20.2 Å². The Bertz CT molecular complexity index is 1260. The monoisotopic (exact) mass is 496 g/mol. The number of aromatic nitrogens is 3. The number of aliphatic hydroxyl groups is 2. The average Bonchev–Trinajstić information content (AvgIpc) is 3.27. The number of nitrogens with one attached hydrogen (secondary N) is 1. The van der Waals surface area contributed by atoms with Crippen LogP contribution in [0.4, 0.5) is 22.1 Å². The SMILES string of the molecule is Cc1cc(-c2nc3c(cc2Cl)N2CC[C@@H](C2)N3C(=O)Nc2cc(OCC(O)CO)ccn2)ccn1. The van der Waals surface area contributed by atoms with Crippen molar-refractivity contribution in [2.24, 2.45) is 0 Å². The van der Waals surface area contributed by atoms with Gasteiger partial charge in [0.2, 0.25) is 0 Å². The molecule has 3 aromatic heterocycles. The lowest BCUT2D eigenvalue weighted by atomic mass is 10.1. The van der Waals surface area contributed by atoms with E-state index >= 15 is 0 Å². The number of halogens is 1. The molecule has 1 unspecified atom stereocenters. The molecule has 5 heterocycles. The van der Waals surface area contributed by atoms with Crippen LogP contribution in [0.25, 0.3) is 11.3 Å². The normalized spacial score (nSPS) is 17.2. The molecule has 2 atom stereocenters. The summed E-state index contributed by atoms with van der Waals surface area (Å²) < 4.78 is 5.47. The number of amides is 2. The van der Waals surface area contributed by atoms with Gasteiger partial charge in [-0.05, 0) is 37.6 Å². The van der Waals surface area contributed by atoms with Gasteiger partial charge in [-0.1, -0.05) is 11.6 Å². The van der Waals surface area contributed by atoms with E-state index in [-0.39, 0.29) is 18.7 Å². The van der Waals surface area contributed by atoms with Crippen LogP contribution in [0.3, 0.4) is 0 Å². The predicted octanol–water partition coefficient (Wildman–Crippen LogP) is 2.86. The summed E-state index contributed by atoms with van der Waals surface area (Å²) in [6.07, 6.45) is 3.02. The van der Waals surface area contributed by atoms with E-state index in [9.17, 15) is 9.90 Å². The van der Waals surface area contributed by atoms with E-state index in [1.165, 1.54) is 6.20 Å². The Morgan fingerprint density at radius 1 is 1.29 bits per heavy atom. The number of hydrogen-bond donors (Lipinski definition) is 3. The van der Waals surface area contributed by atoms with Gasteiger partial charge in [0.1, 0.15) is 24.3 Å². The quantitative estimate of drug-likeness (QED) is 0.476. The van der Waals surface area contributed by atoms with Gasteiger partial charge in [0.25, 0.3) is 0 Å². The second-order valence-electron chi connectivity index (χ2n) is 8.56. The summed E-state index contributed by atoms with van der Waals surface area (Å²) in [5.41, 5.74) is 3.08. The van der Waals surface area contributed by atoms with Gasteiger partial charge in [-0.15, -0.1) is 0 Å². The maximum absolute atomic E-state index is 13.5. The highest BCUT2D eigenvalue weighted by atomic mass is 35.5. The summed E-state index contributed by atoms with van der Waals surface area (Å²) in [4.78, 5) is 30.7. The molecule has 2 amide bonds. The van der Waals surface area contributed by atoms with Crippen LogP contribution in [0.5, 0.6) is 5.75 Å². The van der Waals surface area contributed by atoms with Crippen LogP contribution >= 0.6 is 11.6 Å². The Hall–Kier alpha value is -3.47. The molecule has 35 heavy (non-hydrogen) atoms. The molecule has 10 nitrogen and oxygen atoms in total. The Morgan fingerprint density at radius 2 is 2.11 bits per heavy atom. The van der Waals surface area contributed by atoms with Crippen molar-refractivity contribution in [3.05, 3.63) is 53.4 Å². The first-order chi connectivity index (χ1) is 16.9. The van der Waals surface area contributed by atoms with Crippen molar-refractivity contribution >= 4 is 35.0 Å². The molecule has 3 N–H and O–H groups in total. The highest BCUT2D eigenvalue weighted by Crippen LogP contribution is 2.43. The largest absolute Gasteiger partial charge is 0.491 e. The van der Waals surface area contributed by atoms with Crippen LogP contribution in [-0.2, 0) is 0 Å². The number of pyridine rings is 3. The molecular weight excluding hydrogens is 472 g/mol. The van der Waals surface area contributed by atoms with E-state index in [0.717, 1.165) is 29.9 Å². The lowest BCUT2D eigenvalue weighted by Gasteiger charge is -2.36. The Labute approximate surface area is 207 Å². The van der Waals surface area contributed by atoms with E-state index < -0.39 is 12.7 Å². The number of aliphatic hydroxyl groups excluding tert-OH is 2. The number of rotatable bonds is 6. The lowest BCUT2D eigenvalue weighted by molar-refractivity contribution is 0.0536. The molecule has 0 spiro atoms. The first kappa shape index (κ1) is 23.3. The van der Waals surface area contributed by atoms with E-state index in [4.69, 9.17) is 26.4 Å². The summed E-state index contributed by atoms with van der Waals surface area (Å²) in [6.45, 7) is 2.92. The van der Waals surface area contributed by atoms with Gasteiger partial charge in [0.15, 0.2) is 5.82 Å². The van der Waals surface area contributed by atoms with Gasteiger partial charge in [0, 0.05) is 42.8 Å². The van der Waals surface area contributed by atoms with E-state index in [0.29, 0.717) is 34.6 Å². The van der Waals surface area contributed by atoms with Crippen molar-refractivity contribution in [1.82, 2.24) is 15.0 Å². The number of anilines is 3. The highest BCUT2D eigenvalue weighted by Gasteiger charge is 2.41. The Kier molecular flexibility index (Phi) is 6.42. The first-order valence-corrected chi connectivity index (χ1v) is 11.7. The molecule has 5 rings (SSSR count). The number of ether oxygens (including phenoxy) is 1. The molecule has 2 aliphatic heterocycles. The number of carbonyl (C=O) groups is 1. The zero-order valence-electron chi connectivity index (χ0n) is 19.1. The second kappa shape index (κ2) is 9.65. The number of hydrogen-bond acceptors (Lipinski definition) is 8. The summed E-state index contributed by atoms with van der Waals surface area (Å²) in [7, 11) is 0. The third kappa shape index (κ3) is 4.72. The van der Waals surface area contributed by atoms with Crippen molar-refractivity contribution in [2.75, 3.05) is 41.4 Å². The smallest absolute Gasteiger partial charge is 0.329 e. The molecule has 2 aliphatic rings. The number of urea groups is 1. The molecule has 0 radical (unpaired) electrons. The zero-order valence-corrected chi connectivity index (χ0v) is 19.8. The van der Waals surface area contributed by atoms with Gasteiger partial charge in [-0.3, -0.25) is 15.2 Å². The molecule has 1 fully saturated rings. The summed E-state index contributed by atoms with van der Waals surface area (Å²) in [5, 5.41) is 21.8. The minimum Gasteiger partial charge on any atom is -0.491 e. The van der Waals surface area contributed by atoms with Gasteiger partial charge in [-0.2, -0.15) is 0 Å². The second-order valence-corrected chi connectivity index (χ2v) is 8.97. The Balaban J connectivity index is 1.44. The molecular formula is C24H25ClN6O4. The number of fused-ring (bicyclic) bond motifs is 4. The molecule has 0 aromatic carbocycles. The van der Waals surface area contributed by atoms with Gasteiger partial charge < -0.3 is 19.8 Å². The summed E-state index contributed by atoms with van der Waals surface area (Å²) in [6, 6.07) is 8.40. The van der Waals surface area contributed by atoms with Gasteiger partial charge >= 0.3 is 6.03 Å². The maximum atomic E-state index is 13.5.